The summed E-state index contributed by atoms with van der Waals surface area (Å²) in [6, 6.07) is 3.96. The molecule has 0 aliphatic carbocycles. The van der Waals surface area contributed by atoms with Gasteiger partial charge in [0.1, 0.15) is 6.33 Å². The minimum absolute atomic E-state index is 0.494. The molecule has 3 aromatic rings. The van der Waals surface area contributed by atoms with Crippen LogP contribution >= 0.6 is 0 Å². The van der Waals surface area contributed by atoms with E-state index in [-0.39, 0.29) is 0 Å². The van der Waals surface area contributed by atoms with E-state index >= 15 is 0 Å². The highest BCUT2D eigenvalue weighted by Crippen LogP contribution is 2.10. The van der Waals surface area contributed by atoms with Crippen molar-refractivity contribution in [3.63, 3.8) is 0 Å². The summed E-state index contributed by atoms with van der Waals surface area (Å²) in [5.74, 6) is 0.987. The number of aromatic nitrogens is 7. The van der Waals surface area contributed by atoms with Gasteiger partial charge in [0.25, 0.3) is 11.9 Å². The summed E-state index contributed by atoms with van der Waals surface area (Å²) < 4.78 is 3.40. The number of nitrogens with zero attached hydrogens (tertiary/aromatic N) is 7. The van der Waals surface area contributed by atoms with Gasteiger partial charge >= 0.3 is 0 Å². The molecule has 0 radical (unpaired) electrons. The Morgan fingerprint density at radius 2 is 1.20 bits per heavy atom. The summed E-state index contributed by atoms with van der Waals surface area (Å²) in [7, 11) is 0. The number of rotatable bonds is 2. The van der Waals surface area contributed by atoms with Gasteiger partial charge in [-0.3, -0.25) is 0 Å². The van der Waals surface area contributed by atoms with Crippen molar-refractivity contribution in [1.82, 2.24) is 34.5 Å². The first-order chi connectivity index (χ1) is 9.54. The van der Waals surface area contributed by atoms with Gasteiger partial charge in [0, 0.05) is 11.4 Å². The second kappa shape index (κ2) is 4.52. The van der Waals surface area contributed by atoms with Crippen LogP contribution < -0.4 is 0 Å². The molecule has 20 heavy (non-hydrogen) atoms. The SMILES string of the molecule is Cc1cc(C)n(-c2ncnc(-n3nc(C)cc3C)n2)n1. The molecular formula is C13H15N7. The van der Waals surface area contributed by atoms with Crippen LogP contribution in [-0.4, -0.2) is 34.5 Å². The van der Waals surface area contributed by atoms with Crippen LogP contribution in [0, 0.1) is 27.7 Å². The van der Waals surface area contributed by atoms with Gasteiger partial charge < -0.3 is 0 Å². The smallest absolute Gasteiger partial charge is 0.203 e. The van der Waals surface area contributed by atoms with Crippen LogP contribution in [0.1, 0.15) is 22.8 Å². The van der Waals surface area contributed by atoms with E-state index in [1.807, 2.05) is 39.8 Å². The molecule has 7 nitrogen and oxygen atoms in total. The van der Waals surface area contributed by atoms with Crippen molar-refractivity contribution in [2.24, 2.45) is 0 Å². The summed E-state index contributed by atoms with van der Waals surface area (Å²) in [5, 5.41) is 8.75. The molecule has 0 aliphatic heterocycles. The Morgan fingerprint density at radius 1 is 0.750 bits per heavy atom. The van der Waals surface area contributed by atoms with Gasteiger partial charge in [-0.25, -0.2) is 9.36 Å². The highest BCUT2D eigenvalue weighted by Gasteiger charge is 2.11. The Kier molecular flexibility index (Phi) is 2.81. The second-order valence-corrected chi connectivity index (χ2v) is 4.76. The first-order valence-corrected chi connectivity index (χ1v) is 6.31. The maximum Gasteiger partial charge on any atom is 0.255 e. The lowest BCUT2D eigenvalue weighted by Crippen LogP contribution is -2.11. The second-order valence-electron chi connectivity index (χ2n) is 4.76. The van der Waals surface area contributed by atoms with Crippen molar-refractivity contribution in [2.45, 2.75) is 27.7 Å². The molecule has 0 atom stereocenters. The van der Waals surface area contributed by atoms with Gasteiger partial charge in [-0.1, -0.05) is 0 Å². The van der Waals surface area contributed by atoms with E-state index < -0.39 is 0 Å². The minimum Gasteiger partial charge on any atom is -0.203 e. The summed E-state index contributed by atoms with van der Waals surface area (Å²) in [6.07, 6.45) is 1.48. The Balaban J connectivity index is 2.10. The normalized spacial score (nSPS) is 11.0. The number of hydrogen-bond donors (Lipinski definition) is 0. The monoisotopic (exact) mass is 269 g/mol. The number of aryl methyl sites for hydroxylation is 4. The van der Waals surface area contributed by atoms with Crippen LogP contribution in [-0.2, 0) is 0 Å². The molecule has 0 aromatic carbocycles. The quantitative estimate of drug-likeness (QED) is 0.704. The van der Waals surface area contributed by atoms with Crippen molar-refractivity contribution in [1.29, 1.82) is 0 Å². The third-order valence-electron chi connectivity index (χ3n) is 2.94. The molecule has 0 amide bonds. The molecule has 3 aromatic heterocycles. The summed E-state index contributed by atoms with van der Waals surface area (Å²) in [6.45, 7) is 7.80. The van der Waals surface area contributed by atoms with E-state index in [2.05, 4.69) is 25.1 Å². The molecule has 0 fully saturated rings. The highest BCUT2D eigenvalue weighted by molar-refractivity contribution is 5.23. The summed E-state index contributed by atoms with van der Waals surface area (Å²) >= 11 is 0. The van der Waals surface area contributed by atoms with Crippen LogP contribution in [0.2, 0.25) is 0 Å². The van der Waals surface area contributed by atoms with Crippen LogP contribution in [0.15, 0.2) is 18.5 Å². The standard InChI is InChI=1S/C13H15N7/c1-8-5-10(3)19(17-8)12-14-7-15-13(16-12)20-11(4)6-9(2)18-20/h5-7H,1-4H3. The molecule has 0 saturated heterocycles. The van der Waals surface area contributed by atoms with Crippen molar-refractivity contribution >= 4 is 0 Å². The van der Waals surface area contributed by atoms with Crippen LogP contribution in [0.25, 0.3) is 11.9 Å². The fourth-order valence-corrected chi connectivity index (χ4v) is 2.15. The maximum absolute atomic E-state index is 4.44. The minimum atomic E-state index is 0.494. The molecule has 0 spiro atoms. The zero-order chi connectivity index (χ0) is 14.3. The Labute approximate surface area is 116 Å². The van der Waals surface area contributed by atoms with E-state index in [9.17, 15) is 0 Å². The van der Waals surface area contributed by atoms with E-state index in [1.165, 1.54) is 6.33 Å². The topological polar surface area (TPSA) is 74.3 Å². The van der Waals surface area contributed by atoms with Gasteiger partial charge in [0.05, 0.1) is 11.4 Å². The van der Waals surface area contributed by atoms with Gasteiger partial charge in [-0.2, -0.15) is 25.1 Å². The van der Waals surface area contributed by atoms with Crippen LogP contribution in [0.4, 0.5) is 0 Å². The molecule has 0 unspecified atom stereocenters. The van der Waals surface area contributed by atoms with Gasteiger partial charge in [0.2, 0.25) is 0 Å². The Morgan fingerprint density at radius 3 is 1.55 bits per heavy atom. The van der Waals surface area contributed by atoms with E-state index in [1.54, 1.807) is 9.36 Å². The lowest BCUT2D eigenvalue weighted by atomic mass is 10.4. The Hall–Kier alpha value is -2.57. The zero-order valence-corrected chi connectivity index (χ0v) is 11.9. The molecular weight excluding hydrogens is 254 g/mol. The molecule has 102 valence electrons. The molecule has 0 bridgehead atoms. The van der Waals surface area contributed by atoms with Crippen LogP contribution in [0.3, 0.4) is 0 Å². The van der Waals surface area contributed by atoms with E-state index in [4.69, 9.17) is 0 Å². The van der Waals surface area contributed by atoms with Gasteiger partial charge in [-0.05, 0) is 39.8 Å². The third-order valence-corrected chi connectivity index (χ3v) is 2.94. The Bertz CT molecular complexity index is 707. The van der Waals surface area contributed by atoms with Crippen molar-refractivity contribution in [3.05, 3.63) is 41.2 Å². The molecule has 3 rings (SSSR count). The van der Waals surface area contributed by atoms with Crippen molar-refractivity contribution in [2.75, 3.05) is 0 Å². The lowest BCUT2D eigenvalue weighted by Gasteiger charge is -2.05. The summed E-state index contributed by atoms with van der Waals surface area (Å²) in [4.78, 5) is 12.8. The van der Waals surface area contributed by atoms with Crippen LogP contribution in [0.5, 0.6) is 0 Å². The fraction of sp³-hybridized carbons (Fsp3) is 0.308. The third kappa shape index (κ3) is 2.07. The molecule has 3 heterocycles. The average molecular weight is 269 g/mol. The predicted molar refractivity (Wildman–Crippen MR) is 73.0 cm³/mol. The van der Waals surface area contributed by atoms with Crippen molar-refractivity contribution < 1.29 is 0 Å². The maximum atomic E-state index is 4.44. The average Bonchev–Trinajstić information content (AvgIpc) is 2.91. The van der Waals surface area contributed by atoms with E-state index in [0.29, 0.717) is 11.9 Å². The summed E-state index contributed by atoms with van der Waals surface area (Å²) in [5.41, 5.74) is 3.81. The molecule has 0 N–H and O–H groups in total. The van der Waals surface area contributed by atoms with E-state index in [0.717, 1.165) is 22.8 Å². The largest absolute Gasteiger partial charge is 0.255 e. The first kappa shape index (κ1) is 12.5. The first-order valence-electron chi connectivity index (χ1n) is 6.31. The fourth-order valence-electron chi connectivity index (χ4n) is 2.15. The molecule has 7 heteroatoms. The number of hydrogen-bond acceptors (Lipinski definition) is 5. The predicted octanol–water partition coefficient (Wildman–Crippen LogP) is 1.48. The van der Waals surface area contributed by atoms with Gasteiger partial charge in [0.15, 0.2) is 0 Å². The molecule has 0 aliphatic rings. The highest BCUT2D eigenvalue weighted by atomic mass is 15.4. The van der Waals surface area contributed by atoms with Crippen molar-refractivity contribution in [3.8, 4) is 11.9 Å². The lowest BCUT2D eigenvalue weighted by molar-refractivity contribution is 0.717. The zero-order valence-electron chi connectivity index (χ0n) is 11.9. The van der Waals surface area contributed by atoms with Gasteiger partial charge in [-0.15, -0.1) is 0 Å². The molecule has 0 saturated carbocycles.